The van der Waals surface area contributed by atoms with E-state index in [-0.39, 0.29) is 11.9 Å². The first kappa shape index (κ1) is 22.1. The fourth-order valence-electron chi connectivity index (χ4n) is 4.30. The third kappa shape index (κ3) is 5.36. The van der Waals surface area contributed by atoms with E-state index in [4.69, 9.17) is 4.74 Å². The molecule has 0 saturated carbocycles. The highest BCUT2D eigenvalue weighted by atomic mass is 16.5. The van der Waals surface area contributed by atoms with Crippen molar-refractivity contribution in [2.75, 3.05) is 20.1 Å². The first-order valence-electron chi connectivity index (χ1n) is 11.1. The number of amides is 1. The zero-order valence-corrected chi connectivity index (χ0v) is 18.4. The fourth-order valence-corrected chi connectivity index (χ4v) is 4.30. The number of β-amino-alcohol motifs (C(OH)–C–C–N with tert-alkyl or cyclic N) is 1. The summed E-state index contributed by atoms with van der Waals surface area (Å²) in [7, 11) is 1.67. The van der Waals surface area contributed by atoms with Crippen LogP contribution in [0.3, 0.4) is 0 Å². The number of carbonyl (C=O) groups excluding carboxylic acids is 1. The number of fused-ring (bicyclic) bond motifs is 1. The molecule has 2 N–H and O–H groups in total. The molecule has 0 aromatic heterocycles. The number of ether oxygens (including phenoxy) is 1. The molecule has 0 aliphatic carbocycles. The molecule has 0 radical (unpaired) electrons. The molecule has 0 saturated heterocycles. The summed E-state index contributed by atoms with van der Waals surface area (Å²) >= 11 is 0. The van der Waals surface area contributed by atoms with Crippen LogP contribution in [0.25, 0.3) is 0 Å². The molecule has 166 valence electrons. The molecule has 1 aliphatic heterocycles. The van der Waals surface area contributed by atoms with Gasteiger partial charge in [0.05, 0.1) is 12.1 Å². The first-order chi connectivity index (χ1) is 15.6. The molecule has 4 rings (SSSR count). The maximum atomic E-state index is 12.7. The van der Waals surface area contributed by atoms with Gasteiger partial charge in [-0.05, 0) is 47.2 Å². The molecule has 2 unspecified atom stereocenters. The number of nitrogens with one attached hydrogen (secondary N) is 1. The Morgan fingerprint density at radius 2 is 1.75 bits per heavy atom. The first-order valence-corrected chi connectivity index (χ1v) is 11.1. The van der Waals surface area contributed by atoms with Crippen LogP contribution in [0, 0.1) is 0 Å². The van der Waals surface area contributed by atoms with E-state index in [1.807, 2.05) is 78.9 Å². The van der Waals surface area contributed by atoms with Gasteiger partial charge in [0.1, 0.15) is 12.4 Å². The summed E-state index contributed by atoms with van der Waals surface area (Å²) in [5, 5.41) is 13.8. The SMILES string of the molecule is CNC(=O)C(Cc1ccccc1)N1CCc2cc(OCc3ccccc3)ccc2C(O)C1. The average Bonchev–Trinajstić information content (AvgIpc) is 3.00. The van der Waals surface area contributed by atoms with Gasteiger partial charge in [0.2, 0.25) is 5.91 Å². The summed E-state index contributed by atoms with van der Waals surface area (Å²) in [4.78, 5) is 14.8. The Bertz CT molecular complexity index is 1020. The number of nitrogens with zero attached hydrogens (tertiary/aromatic N) is 1. The van der Waals surface area contributed by atoms with E-state index in [1.165, 1.54) is 0 Å². The van der Waals surface area contributed by atoms with Gasteiger partial charge in [0.15, 0.2) is 0 Å². The number of carbonyl (C=O) groups is 1. The van der Waals surface area contributed by atoms with Crippen LogP contribution < -0.4 is 10.1 Å². The van der Waals surface area contributed by atoms with E-state index >= 15 is 0 Å². The lowest BCUT2D eigenvalue weighted by Crippen LogP contribution is -2.48. The number of likely N-dealkylation sites (N-methyl/N-ethyl adjacent to an activating group) is 1. The van der Waals surface area contributed by atoms with E-state index in [2.05, 4.69) is 10.2 Å². The Morgan fingerprint density at radius 3 is 2.44 bits per heavy atom. The van der Waals surface area contributed by atoms with Crippen molar-refractivity contribution in [2.24, 2.45) is 0 Å². The zero-order chi connectivity index (χ0) is 22.3. The lowest BCUT2D eigenvalue weighted by atomic mass is 10.0. The summed E-state index contributed by atoms with van der Waals surface area (Å²) < 4.78 is 5.98. The van der Waals surface area contributed by atoms with Crippen LogP contribution in [-0.4, -0.2) is 42.1 Å². The van der Waals surface area contributed by atoms with E-state index in [1.54, 1.807) is 7.05 Å². The van der Waals surface area contributed by atoms with E-state index in [9.17, 15) is 9.90 Å². The number of rotatable bonds is 7. The molecule has 3 aromatic carbocycles. The van der Waals surface area contributed by atoms with Gasteiger partial charge in [0, 0.05) is 20.1 Å². The lowest BCUT2D eigenvalue weighted by Gasteiger charge is -2.30. The van der Waals surface area contributed by atoms with E-state index < -0.39 is 6.10 Å². The summed E-state index contributed by atoms with van der Waals surface area (Å²) in [6.07, 6.45) is 0.699. The second-order valence-electron chi connectivity index (χ2n) is 8.22. The predicted octanol–water partition coefficient (Wildman–Crippen LogP) is 3.51. The highest BCUT2D eigenvalue weighted by Gasteiger charge is 2.30. The number of aliphatic hydroxyl groups is 1. The Hall–Kier alpha value is -3.15. The van der Waals surface area contributed by atoms with Crippen molar-refractivity contribution >= 4 is 5.91 Å². The van der Waals surface area contributed by atoms with Gasteiger partial charge >= 0.3 is 0 Å². The summed E-state index contributed by atoms with van der Waals surface area (Å²) in [5.41, 5.74) is 4.20. The van der Waals surface area contributed by atoms with Crippen LogP contribution in [0.1, 0.15) is 28.4 Å². The highest BCUT2D eigenvalue weighted by Crippen LogP contribution is 2.29. The van der Waals surface area contributed by atoms with Crippen molar-refractivity contribution in [3.63, 3.8) is 0 Å². The number of benzene rings is 3. The van der Waals surface area contributed by atoms with Crippen molar-refractivity contribution in [1.82, 2.24) is 10.2 Å². The number of aliphatic hydroxyl groups excluding tert-OH is 1. The minimum absolute atomic E-state index is 0.0288. The minimum Gasteiger partial charge on any atom is -0.489 e. The molecule has 0 spiro atoms. The molecule has 5 nitrogen and oxygen atoms in total. The molecule has 32 heavy (non-hydrogen) atoms. The molecule has 1 aliphatic rings. The van der Waals surface area contributed by atoms with Crippen molar-refractivity contribution in [1.29, 1.82) is 0 Å². The molecule has 1 heterocycles. The van der Waals surface area contributed by atoms with Gasteiger partial charge in [-0.25, -0.2) is 0 Å². The fraction of sp³-hybridized carbons (Fsp3) is 0.296. The Labute approximate surface area is 189 Å². The standard InChI is InChI=1S/C27H30N2O3/c1-28-27(31)25(16-20-8-4-2-5-9-20)29-15-14-22-17-23(12-13-24(22)26(30)18-29)32-19-21-10-6-3-7-11-21/h2-13,17,25-26,30H,14-16,18-19H2,1H3,(H,28,31). The maximum Gasteiger partial charge on any atom is 0.237 e. The summed E-state index contributed by atoms with van der Waals surface area (Å²) in [6, 6.07) is 25.6. The van der Waals surface area contributed by atoms with Gasteiger partial charge in [-0.15, -0.1) is 0 Å². The third-order valence-corrected chi connectivity index (χ3v) is 6.06. The maximum absolute atomic E-state index is 12.7. The third-order valence-electron chi connectivity index (χ3n) is 6.06. The van der Waals surface area contributed by atoms with Gasteiger partial charge in [-0.2, -0.15) is 0 Å². The van der Waals surface area contributed by atoms with Gasteiger partial charge in [-0.3, -0.25) is 9.69 Å². The van der Waals surface area contributed by atoms with Crippen molar-refractivity contribution < 1.29 is 14.6 Å². The topological polar surface area (TPSA) is 61.8 Å². The second-order valence-corrected chi connectivity index (χ2v) is 8.22. The Balaban J connectivity index is 1.48. The van der Waals surface area contributed by atoms with E-state index in [0.29, 0.717) is 26.1 Å². The van der Waals surface area contributed by atoms with Gasteiger partial charge in [0.25, 0.3) is 0 Å². The highest BCUT2D eigenvalue weighted by molar-refractivity contribution is 5.81. The van der Waals surface area contributed by atoms with Gasteiger partial charge in [-0.1, -0.05) is 66.7 Å². The van der Waals surface area contributed by atoms with Crippen LogP contribution in [0.15, 0.2) is 78.9 Å². The number of hydrogen-bond donors (Lipinski definition) is 2. The van der Waals surface area contributed by atoms with Crippen LogP contribution in [0.5, 0.6) is 5.75 Å². The Morgan fingerprint density at radius 1 is 1.06 bits per heavy atom. The monoisotopic (exact) mass is 430 g/mol. The van der Waals surface area contributed by atoms with Gasteiger partial charge < -0.3 is 15.2 Å². The smallest absolute Gasteiger partial charge is 0.237 e. The molecule has 0 bridgehead atoms. The summed E-state index contributed by atoms with van der Waals surface area (Å²) in [5.74, 6) is 0.763. The van der Waals surface area contributed by atoms with Crippen LogP contribution in [0.2, 0.25) is 0 Å². The summed E-state index contributed by atoms with van der Waals surface area (Å²) in [6.45, 7) is 1.61. The van der Waals surface area contributed by atoms with Crippen molar-refractivity contribution in [3.05, 3.63) is 101 Å². The molecular weight excluding hydrogens is 400 g/mol. The molecule has 3 aromatic rings. The average molecular weight is 431 g/mol. The second kappa shape index (κ2) is 10.4. The lowest BCUT2D eigenvalue weighted by molar-refractivity contribution is -0.126. The van der Waals surface area contributed by atoms with Crippen LogP contribution in [0.4, 0.5) is 0 Å². The van der Waals surface area contributed by atoms with Crippen molar-refractivity contribution in [3.8, 4) is 5.75 Å². The number of hydrogen-bond acceptors (Lipinski definition) is 4. The van der Waals surface area contributed by atoms with Crippen LogP contribution >= 0.6 is 0 Å². The van der Waals surface area contributed by atoms with Crippen molar-refractivity contribution in [2.45, 2.75) is 31.6 Å². The molecular formula is C27H30N2O3. The van der Waals surface area contributed by atoms with Crippen LogP contribution in [-0.2, 0) is 24.2 Å². The normalized spacial score (nSPS) is 17.1. The molecule has 1 amide bonds. The zero-order valence-electron chi connectivity index (χ0n) is 18.4. The Kier molecular flexibility index (Phi) is 7.20. The minimum atomic E-state index is -0.654. The molecule has 2 atom stereocenters. The predicted molar refractivity (Wildman–Crippen MR) is 125 cm³/mol. The van der Waals surface area contributed by atoms with E-state index in [0.717, 1.165) is 34.4 Å². The largest absolute Gasteiger partial charge is 0.489 e. The quantitative estimate of drug-likeness (QED) is 0.602. The molecule has 0 fully saturated rings. The molecule has 5 heteroatoms.